The van der Waals surface area contributed by atoms with Crippen molar-refractivity contribution in [3.05, 3.63) is 68.1 Å². The van der Waals surface area contributed by atoms with Gasteiger partial charge in [0, 0.05) is 10.5 Å². The summed E-state index contributed by atoms with van der Waals surface area (Å²) in [7, 11) is 1.99. The van der Waals surface area contributed by atoms with Crippen LogP contribution in [-0.2, 0) is 6.42 Å². The van der Waals surface area contributed by atoms with Crippen molar-refractivity contribution in [3.8, 4) is 0 Å². The van der Waals surface area contributed by atoms with E-state index in [9.17, 15) is 0 Å². The Balaban J connectivity index is 2.26. The number of nitrogens with one attached hydrogen (secondary N) is 1. The minimum atomic E-state index is 0.266. The average molecular weight is 353 g/mol. The van der Waals surface area contributed by atoms with E-state index < -0.39 is 0 Å². The van der Waals surface area contributed by atoms with E-state index in [4.69, 9.17) is 11.6 Å². The third-order valence-electron chi connectivity index (χ3n) is 3.42. The van der Waals surface area contributed by atoms with Gasteiger partial charge in [0.05, 0.1) is 5.02 Å². The van der Waals surface area contributed by atoms with Crippen LogP contribution in [0.1, 0.15) is 28.3 Å². The van der Waals surface area contributed by atoms with E-state index in [0.29, 0.717) is 0 Å². The molecule has 0 saturated carbocycles. The average Bonchev–Trinajstić information content (AvgIpc) is 2.38. The van der Waals surface area contributed by atoms with Gasteiger partial charge in [0.15, 0.2) is 0 Å². The molecule has 0 radical (unpaired) electrons. The SMILES string of the molecule is CNC(Cc1cc(C)cc(C)c1)c1ccc(Br)c(Cl)c1. The lowest BCUT2D eigenvalue weighted by Gasteiger charge is -2.18. The fraction of sp³-hybridized carbons (Fsp3) is 0.294. The smallest absolute Gasteiger partial charge is 0.0551 e. The maximum atomic E-state index is 6.19. The van der Waals surface area contributed by atoms with Crippen molar-refractivity contribution < 1.29 is 0 Å². The van der Waals surface area contributed by atoms with Gasteiger partial charge in [-0.05, 0) is 66.5 Å². The van der Waals surface area contributed by atoms with Gasteiger partial charge in [0.1, 0.15) is 0 Å². The molecule has 2 aromatic carbocycles. The Labute approximate surface area is 134 Å². The maximum Gasteiger partial charge on any atom is 0.0551 e. The molecule has 1 nitrogen and oxygen atoms in total. The topological polar surface area (TPSA) is 12.0 Å². The highest BCUT2D eigenvalue weighted by Crippen LogP contribution is 2.27. The van der Waals surface area contributed by atoms with Gasteiger partial charge in [0.2, 0.25) is 0 Å². The van der Waals surface area contributed by atoms with Crippen molar-refractivity contribution in [1.82, 2.24) is 5.32 Å². The minimum absolute atomic E-state index is 0.266. The predicted octanol–water partition coefficient (Wildman–Crippen LogP) is 5.22. The molecule has 1 N–H and O–H groups in total. The summed E-state index contributed by atoms with van der Waals surface area (Å²) in [5.74, 6) is 0. The fourth-order valence-electron chi connectivity index (χ4n) is 2.54. The van der Waals surface area contributed by atoms with Crippen molar-refractivity contribution in [2.75, 3.05) is 7.05 Å². The molecular weight excluding hydrogens is 334 g/mol. The van der Waals surface area contributed by atoms with E-state index in [1.807, 2.05) is 19.2 Å². The van der Waals surface area contributed by atoms with Crippen LogP contribution >= 0.6 is 27.5 Å². The Bertz CT molecular complexity index is 590. The zero-order valence-electron chi connectivity index (χ0n) is 12.0. The molecule has 0 aliphatic heterocycles. The Morgan fingerprint density at radius 2 is 1.75 bits per heavy atom. The van der Waals surface area contributed by atoms with Crippen LogP contribution in [0.15, 0.2) is 40.9 Å². The highest BCUT2D eigenvalue weighted by molar-refractivity contribution is 9.10. The first kappa shape index (κ1) is 15.6. The van der Waals surface area contributed by atoms with Crippen molar-refractivity contribution in [2.45, 2.75) is 26.3 Å². The number of halogens is 2. The zero-order valence-corrected chi connectivity index (χ0v) is 14.3. The van der Waals surface area contributed by atoms with Crippen molar-refractivity contribution in [1.29, 1.82) is 0 Å². The summed E-state index contributed by atoms with van der Waals surface area (Å²) in [5, 5.41) is 4.13. The third kappa shape index (κ3) is 3.85. The molecule has 2 aromatic rings. The molecule has 0 bridgehead atoms. The summed E-state index contributed by atoms with van der Waals surface area (Å²) < 4.78 is 0.934. The highest BCUT2D eigenvalue weighted by atomic mass is 79.9. The summed E-state index contributed by atoms with van der Waals surface area (Å²) in [6.07, 6.45) is 0.955. The van der Waals surface area contributed by atoms with Crippen LogP contribution in [0, 0.1) is 13.8 Å². The lowest BCUT2D eigenvalue weighted by molar-refractivity contribution is 0.591. The summed E-state index contributed by atoms with van der Waals surface area (Å²) >= 11 is 9.63. The number of likely N-dealkylation sites (N-methyl/N-ethyl adjacent to an activating group) is 1. The Morgan fingerprint density at radius 1 is 1.10 bits per heavy atom. The van der Waals surface area contributed by atoms with E-state index in [0.717, 1.165) is 15.9 Å². The van der Waals surface area contributed by atoms with Gasteiger partial charge >= 0.3 is 0 Å². The molecule has 106 valence electrons. The van der Waals surface area contributed by atoms with E-state index in [1.54, 1.807) is 0 Å². The first-order valence-electron chi connectivity index (χ1n) is 6.69. The molecule has 0 aromatic heterocycles. The molecule has 0 aliphatic rings. The second-order valence-electron chi connectivity index (χ2n) is 5.21. The van der Waals surface area contributed by atoms with Gasteiger partial charge in [-0.15, -0.1) is 0 Å². The standard InChI is InChI=1S/C17H19BrClN/c1-11-6-12(2)8-13(7-11)9-17(20-3)14-4-5-15(18)16(19)10-14/h4-8,10,17,20H,9H2,1-3H3. The zero-order chi connectivity index (χ0) is 14.7. The molecule has 0 fully saturated rings. The minimum Gasteiger partial charge on any atom is -0.313 e. The van der Waals surface area contributed by atoms with Crippen LogP contribution in [0.25, 0.3) is 0 Å². The summed E-state index contributed by atoms with van der Waals surface area (Å²) in [4.78, 5) is 0. The molecule has 0 saturated heterocycles. The number of hydrogen-bond acceptors (Lipinski definition) is 1. The van der Waals surface area contributed by atoms with E-state index in [2.05, 4.69) is 59.4 Å². The lowest BCUT2D eigenvalue weighted by atomic mass is 9.97. The van der Waals surface area contributed by atoms with Gasteiger partial charge in [-0.1, -0.05) is 47.0 Å². The quantitative estimate of drug-likeness (QED) is 0.795. The molecule has 1 atom stereocenters. The summed E-state index contributed by atoms with van der Waals surface area (Å²) in [6.45, 7) is 4.28. The number of aryl methyl sites for hydroxylation is 2. The lowest BCUT2D eigenvalue weighted by Crippen LogP contribution is -2.19. The molecule has 3 heteroatoms. The molecule has 0 amide bonds. The largest absolute Gasteiger partial charge is 0.313 e. The number of benzene rings is 2. The van der Waals surface area contributed by atoms with Gasteiger partial charge in [-0.3, -0.25) is 0 Å². The Morgan fingerprint density at radius 3 is 2.30 bits per heavy atom. The summed E-state index contributed by atoms with van der Waals surface area (Å²) in [5.41, 5.74) is 5.17. The molecule has 0 aliphatic carbocycles. The second-order valence-corrected chi connectivity index (χ2v) is 6.48. The van der Waals surface area contributed by atoms with Crippen LogP contribution < -0.4 is 5.32 Å². The van der Waals surface area contributed by atoms with Gasteiger partial charge in [-0.2, -0.15) is 0 Å². The van der Waals surface area contributed by atoms with Crippen LogP contribution in [0.3, 0.4) is 0 Å². The van der Waals surface area contributed by atoms with Gasteiger partial charge < -0.3 is 5.32 Å². The maximum absolute atomic E-state index is 6.19. The third-order valence-corrected chi connectivity index (χ3v) is 4.65. The second kappa shape index (κ2) is 6.75. The molecular formula is C17H19BrClN. The Kier molecular flexibility index (Phi) is 5.25. The molecule has 0 heterocycles. The number of rotatable bonds is 4. The molecule has 1 unspecified atom stereocenters. The van der Waals surface area contributed by atoms with Crippen LogP contribution in [0.4, 0.5) is 0 Å². The normalized spacial score (nSPS) is 12.4. The van der Waals surface area contributed by atoms with Gasteiger partial charge in [0.25, 0.3) is 0 Å². The van der Waals surface area contributed by atoms with Crippen molar-refractivity contribution >= 4 is 27.5 Å². The first-order valence-corrected chi connectivity index (χ1v) is 7.86. The van der Waals surface area contributed by atoms with E-state index in [-0.39, 0.29) is 6.04 Å². The molecule has 2 rings (SSSR count). The van der Waals surface area contributed by atoms with Crippen molar-refractivity contribution in [2.24, 2.45) is 0 Å². The van der Waals surface area contributed by atoms with Gasteiger partial charge in [-0.25, -0.2) is 0 Å². The molecule has 20 heavy (non-hydrogen) atoms. The van der Waals surface area contributed by atoms with E-state index in [1.165, 1.54) is 22.3 Å². The number of hydrogen-bond donors (Lipinski definition) is 1. The van der Waals surface area contributed by atoms with Crippen molar-refractivity contribution in [3.63, 3.8) is 0 Å². The monoisotopic (exact) mass is 351 g/mol. The van der Waals surface area contributed by atoms with Crippen LogP contribution in [0.5, 0.6) is 0 Å². The van der Waals surface area contributed by atoms with Crippen LogP contribution in [0.2, 0.25) is 5.02 Å². The summed E-state index contributed by atoms with van der Waals surface area (Å²) in [6, 6.07) is 13.1. The van der Waals surface area contributed by atoms with E-state index >= 15 is 0 Å². The predicted molar refractivity (Wildman–Crippen MR) is 90.6 cm³/mol. The first-order chi connectivity index (χ1) is 9.49. The van der Waals surface area contributed by atoms with Crippen LogP contribution in [-0.4, -0.2) is 7.05 Å². The highest BCUT2D eigenvalue weighted by Gasteiger charge is 2.12. The Hall–Kier alpha value is -0.830. The fourth-order valence-corrected chi connectivity index (χ4v) is 2.97. The molecule has 0 spiro atoms.